The van der Waals surface area contributed by atoms with E-state index in [0.29, 0.717) is 0 Å². The van der Waals surface area contributed by atoms with Crippen LogP contribution in [0.15, 0.2) is 0 Å². The van der Waals surface area contributed by atoms with Crippen molar-refractivity contribution in [1.29, 1.82) is 0 Å². The topological polar surface area (TPSA) is 55.9 Å². The second-order valence-electron chi connectivity index (χ2n) is 2.91. The SMILES string of the molecule is CCNc1c(N)c(CC)nn1CC. The number of aryl methyl sites for hydroxylation is 2. The molecule has 0 bridgehead atoms. The summed E-state index contributed by atoms with van der Waals surface area (Å²) in [7, 11) is 0. The molecule has 0 radical (unpaired) electrons. The summed E-state index contributed by atoms with van der Waals surface area (Å²) in [5, 5.41) is 7.62. The summed E-state index contributed by atoms with van der Waals surface area (Å²) < 4.78 is 1.91. The van der Waals surface area contributed by atoms with Crippen molar-refractivity contribution in [2.24, 2.45) is 0 Å². The number of nitrogen functional groups attached to an aromatic ring is 1. The molecule has 74 valence electrons. The number of rotatable bonds is 4. The van der Waals surface area contributed by atoms with E-state index in [2.05, 4.69) is 31.2 Å². The number of hydrogen-bond donors (Lipinski definition) is 2. The fraction of sp³-hybridized carbons (Fsp3) is 0.667. The molecule has 0 aliphatic rings. The molecule has 0 atom stereocenters. The van der Waals surface area contributed by atoms with E-state index < -0.39 is 0 Å². The molecule has 1 heterocycles. The average Bonchev–Trinajstić information content (AvgIpc) is 2.45. The molecule has 0 aromatic carbocycles. The van der Waals surface area contributed by atoms with E-state index in [1.807, 2.05) is 4.68 Å². The van der Waals surface area contributed by atoms with Gasteiger partial charge in [0.2, 0.25) is 0 Å². The molecule has 0 aliphatic carbocycles. The Morgan fingerprint density at radius 3 is 2.54 bits per heavy atom. The van der Waals surface area contributed by atoms with Gasteiger partial charge in [-0.25, -0.2) is 4.68 Å². The minimum Gasteiger partial charge on any atom is -0.394 e. The second kappa shape index (κ2) is 4.16. The summed E-state index contributed by atoms with van der Waals surface area (Å²) in [6.07, 6.45) is 0.886. The van der Waals surface area contributed by atoms with Gasteiger partial charge in [0, 0.05) is 13.1 Å². The van der Waals surface area contributed by atoms with E-state index in [-0.39, 0.29) is 0 Å². The van der Waals surface area contributed by atoms with Gasteiger partial charge in [0.25, 0.3) is 0 Å². The van der Waals surface area contributed by atoms with Crippen LogP contribution in [0.3, 0.4) is 0 Å². The van der Waals surface area contributed by atoms with Crippen LogP contribution in [-0.4, -0.2) is 16.3 Å². The maximum absolute atomic E-state index is 5.93. The van der Waals surface area contributed by atoms with E-state index >= 15 is 0 Å². The van der Waals surface area contributed by atoms with Crippen molar-refractivity contribution < 1.29 is 0 Å². The summed E-state index contributed by atoms with van der Waals surface area (Å²) in [4.78, 5) is 0. The van der Waals surface area contributed by atoms with Gasteiger partial charge < -0.3 is 11.1 Å². The first-order valence-electron chi connectivity index (χ1n) is 4.83. The van der Waals surface area contributed by atoms with Crippen molar-refractivity contribution in [3.8, 4) is 0 Å². The molecule has 0 saturated heterocycles. The molecule has 4 nitrogen and oxygen atoms in total. The maximum atomic E-state index is 5.93. The zero-order valence-electron chi connectivity index (χ0n) is 8.59. The highest BCUT2D eigenvalue weighted by molar-refractivity contribution is 5.65. The Kier molecular flexibility index (Phi) is 3.17. The lowest BCUT2D eigenvalue weighted by molar-refractivity contribution is 0.653. The Hall–Kier alpha value is -1.19. The Bertz CT molecular complexity index is 277. The van der Waals surface area contributed by atoms with E-state index in [0.717, 1.165) is 36.7 Å². The molecule has 1 aromatic heterocycles. The van der Waals surface area contributed by atoms with Gasteiger partial charge in [0.15, 0.2) is 0 Å². The molecule has 0 spiro atoms. The average molecular weight is 182 g/mol. The first kappa shape index (κ1) is 9.89. The van der Waals surface area contributed by atoms with Crippen LogP contribution in [0.2, 0.25) is 0 Å². The van der Waals surface area contributed by atoms with E-state index in [9.17, 15) is 0 Å². The number of nitrogens with one attached hydrogen (secondary N) is 1. The highest BCUT2D eigenvalue weighted by Gasteiger charge is 2.11. The number of anilines is 2. The molecule has 1 aromatic rings. The summed E-state index contributed by atoms with van der Waals surface area (Å²) in [6.45, 7) is 7.91. The summed E-state index contributed by atoms with van der Waals surface area (Å²) in [6, 6.07) is 0. The van der Waals surface area contributed by atoms with Gasteiger partial charge in [-0.15, -0.1) is 0 Å². The molecule has 0 aliphatic heterocycles. The first-order valence-corrected chi connectivity index (χ1v) is 4.83. The van der Waals surface area contributed by atoms with Crippen molar-refractivity contribution in [1.82, 2.24) is 9.78 Å². The lowest BCUT2D eigenvalue weighted by Gasteiger charge is -2.05. The van der Waals surface area contributed by atoms with E-state index in [1.165, 1.54) is 0 Å². The standard InChI is InChI=1S/C9H18N4/c1-4-7-8(10)9(11-5-2)13(6-3)12-7/h11H,4-6,10H2,1-3H3. The molecule has 0 fully saturated rings. The predicted molar refractivity (Wildman–Crippen MR) is 55.9 cm³/mol. The summed E-state index contributed by atoms with van der Waals surface area (Å²) >= 11 is 0. The number of hydrogen-bond acceptors (Lipinski definition) is 3. The van der Waals surface area contributed by atoms with Crippen LogP contribution < -0.4 is 11.1 Å². The highest BCUT2D eigenvalue weighted by Crippen LogP contribution is 2.22. The van der Waals surface area contributed by atoms with Gasteiger partial charge in [-0.05, 0) is 20.3 Å². The van der Waals surface area contributed by atoms with Crippen molar-refractivity contribution in [3.63, 3.8) is 0 Å². The van der Waals surface area contributed by atoms with Crippen molar-refractivity contribution in [2.45, 2.75) is 33.7 Å². The fourth-order valence-corrected chi connectivity index (χ4v) is 1.37. The van der Waals surface area contributed by atoms with Crippen molar-refractivity contribution in [2.75, 3.05) is 17.6 Å². The second-order valence-corrected chi connectivity index (χ2v) is 2.91. The predicted octanol–water partition coefficient (Wildman–Crippen LogP) is 1.48. The molecule has 0 saturated carbocycles. The molecule has 0 amide bonds. The lowest BCUT2D eigenvalue weighted by Crippen LogP contribution is -2.07. The van der Waals surface area contributed by atoms with Gasteiger partial charge >= 0.3 is 0 Å². The highest BCUT2D eigenvalue weighted by atomic mass is 15.3. The molecule has 13 heavy (non-hydrogen) atoms. The van der Waals surface area contributed by atoms with E-state index in [4.69, 9.17) is 5.73 Å². The number of nitrogens with two attached hydrogens (primary N) is 1. The third-order valence-corrected chi connectivity index (χ3v) is 2.04. The van der Waals surface area contributed by atoms with Gasteiger partial charge in [0.05, 0.1) is 11.4 Å². The molecule has 4 heteroatoms. The van der Waals surface area contributed by atoms with Crippen LogP contribution in [0, 0.1) is 0 Å². The minimum absolute atomic E-state index is 0.797. The zero-order valence-corrected chi connectivity index (χ0v) is 8.59. The van der Waals surface area contributed by atoms with Gasteiger partial charge in [-0.1, -0.05) is 6.92 Å². The number of nitrogens with zero attached hydrogens (tertiary/aromatic N) is 2. The Balaban J connectivity index is 3.05. The number of aromatic nitrogens is 2. The zero-order chi connectivity index (χ0) is 9.84. The van der Waals surface area contributed by atoms with Crippen LogP contribution in [-0.2, 0) is 13.0 Å². The minimum atomic E-state index is 0.797. The Labute approximate surface area is 79.1 Å². The third kappa shape index (κ3) is 1.76. The lowest BCUT2D eigenvalue weighted by atomic mass is 10.3. The smallest absolute Gasteiger partial charge is 0.148 e. The van der Waals surface area contributed by atoms with Crippen molar-refractivity contribution in [3.05, 3.63) is 5.69 Å². The Morgan fingerprint density at radius 1 is 1.38 bits per heavy atom. The molecule has 3 N–H and O–H groups in total. The van der Waals surface area contributed by atoms with Gasteiger partial charge in [-0.3, -0.25) is 0 Å². The fourth-order valence-electron chi connectivity index (χ4n) is 1.37. The molecular weight excluding hydrogens is 164 g/mol. The van der Waals surface area contributed by atoms with Crippen LogP contribution in [0.25, 0.3) is 0 Å². The first-order chi connectivity index (χ1) is 6.24. The van der Waals surface area contributed by atoms with Crippen LogP contribution in [0.4, 0.5) is 11.5 Å². The third-order valence-electron chi connectivity index (χ3n) is 2.04. The largest absolute Gasteiger partial charge is 0.394 e. The van der Waals surface area contributed by atoms with Crippen LogP contribution in [0.1, 0.15) is 26.5 Å². The van der Waals surface area contributed by atoms with Gasteiger partial charge in [-0.2, -0.15) is 5.10 Å². The summed E-state index contributed by atoms with van der Waals surface area (Å²) in [5.41, 5.74) is 7.71. The molecular formula is C9H18N4. The summed E-state index contributed by atoms with van der Waals surface area (Å²) in [5.74, 6) is 0.960. The van der Waals surface area contributed by atoms with Crippen LogP contribution in [0.5, 0.6) is 0 Å². The maximum Gasteiger partial charge on any atom is 0.148 e. The molecule has 0 unspecified atom stereocenters. The quantitative estimate of drug-likeness (QED) is 0.741. The normalized spacial score (nSPS) is 10.4. The Morgan fingerprint density at radius 2 is 2.08 bits per heavy atom. The van der Waals surface area contributed by atoms with E-state index in [1.54, 1.807) is 0 Å². The van der Waals surface area contributed by atoms with Gasteiger partial charge in [0.1, 0.15) is 5.82 Å². The monoisotopic (exact) mass is 182 g/mol. The van der Waals surface area contributed by atoms with Crippen molar-refractivity contribution >= 4 is 11.5 Å². The molecule has 1 rings (SSSR count). The van der Waals surface area contributed by atoms with Crippen LogP contribution >= 0.6 is 0 Å².